The number of aliphatic hydroxyl groups is 1. The van der Waals surface area contributed by atoms with Crippen LogP contribution in [0.2, 0.25) is 0 Å². The lowest BCUT2D eigenvalue weighted by molar-refractivity contribution is 0.150. The topological polar surface area (TPSA) is 38.1 Å². The smallest absolute Gasteiger partial charge is 0.108 e. The largest absolute Gasteiger partial charge is 0.393 e. The predicted octanol–water partition coefficient (Wildman–Crippen LogP) is 2.68. The van der Waals surface area contributed by atoms with Crippen LogP contribution in [0.15, 0.2) is 12.4 Å². The van der Waals surface area contributed by atoms with E-state index in [1.54, 1.807) is 0 Å². The summed E-state index contributed by atoms with van der Waals surface area (Å²) in [5, 5.41) is 9.80. The summed E-state index contributed by atoms with van der Waals surface area (Å²) in [5.41, 5.74) is 0. The molecule has 1 rings (SSSR count). The third kappa shape index (κ3) is 4.79. The Morgan fingerprint density at radius 3 is 2.75 bits per heavy atom. The molecule has 0 spiro atoms. The van der Waals surface area contributed by atoms with Gasteiger partial charge in [-0.15, -0.1) is 0 Å². The lowest BCUT2D eigenvalue weighted by Gasteiger charge is -2.09. The van der Waals surface area contributed by atoms with Crippen molar-refractivity contribution in [3.63, 3.8) is 0 Å². The summed E-state index contributed by atoms with van der Waals surface area (Å²) >= 11 is 0. The molecule has 0 aliphatic rings. The number of hydrogen-bond donors (Lipinski definition) is 1. The zero-order chi connectivity index (χ0) is 11.8. The van der Waals surface area contributed by atoms with Crippen LogP contribution in [-0.4, -0.2) is 20.8 Å². The molecule has 16 heavy (non-hydrogen) atoms. The first kappa shape index (κ1) is 13.2. The predicted molar refractivity (Wildman–Crippen MR) is 66.3 cm³/mol. The number of imidazole rings is 1. The second-order valence-corrected chi connectivity index (χ2v) is 4.50. The molecule has 0 bridgehead atoms. The third-order valence-electron chi connectivity index (χ3n) is 3.01. The van der Waals surface area contributed by atoms with Gasteiger partial charge in [0.1, 0.15) is 5.82 Å². The van der Waals surface area contributed by atoms with Crippen LogP contribution in [0.5, 0.6) is 0 Å². The highest BCUT2D eigenvalue weighted by Gasteiger charge is 2.06. The summed E-state index contributed by atoms with van der Waals surface area (Å²) in [7, 11) is 2.00. The molecule has 0 saturated heterocycles. The Morgan fingerprint density at radius 1 is 1.31 bits per heavy atom. The third-order valence-corrected chi connectivity index (χ3v) is 3.01. The number of rotatable bonds is 8. The second-order valence-electron chi connectivity index (χ2n) is 4.50. The first-order valence-corrected chi connectivity index (χ1v) is 6.38. The van der Waals surface area contributed by atoms with Gasteiger partial charge in [0.25, 0.3) is 0 Å². The fourth-order valence-corrected chi connectivity index (χ4v) is 1.88. The van der Waals surface area contributed by atoms with Crippen LogP contribution in [0.3, 0.4) is 0 Å². The van der Waals surface area contributed by atoms with E-state index in [1.165, 1.54) is 19.3 Å². The molecule has 0 aliphatic carbocycles. The van der Waals surface area contributed by atoms with Crippen LogP contribution in [0.4, 0.5) is 0 Å². The summed E-state index contributed by atoms with van der Waals surface area (Å²) in [6.45, 7) is 2.21. The molecule has 3 nitrogen and oxygen atoms in total. The van der Waals surface area contributed by atoms with Gasteiger partial charge in [0.15, 0.2) is 0 Å². The highest BCUT2D eigenvalue weighted by molar-refractivity contribution is 4.91. The fourth-order valence-electron chi connectivity index (χ4n) is 1.88. The summed E-state index contributed by atoms with van der Waals surface area (Å²) < 4.78 is 2.02. The monoisotopic (exact) mass is 224 g/mol. The zero-order valence-corrected chi connectivity index (χ0v) is 10.5. The van der Waals surface area contributed by atoms with E-state index < -0.39 is 0 Å². The average Bonchev–Trinajstić information content (AvgIpc) is 2.67. The van der Waals surface area contributed by atoms with Crippen molar-refractivity contribution in [1.29, 1.82) is 0 Å². The first-order valence-electron chi connectivity index (χ1n) is 6.38. The van der Waals surface area contributed by atoms with Crippen molar-refractivity contribution in [2.45, 2.75) is 58.0 Å². The van der Waals surface area contributed by atoms with Gasteiger partial charge in [-0.1, -0.05) is 32.6 Å². The molecular formula is C13H24N2O. The van der Waals surface area contributed by atoms with Crippen LogP contribution < -0.4 is 0 Å². The lowest BCUT2D eigenvalue weighted by Crippen LogP contribution is -2.09. The average molecular weight is 224 g/mol. The van der Waals surface area contributed by atoms with Crippen LogP contribution in [0, 0.1) is 0 Å². The minimum absolute atomic E-state index is 0.159. The van der Waals surface area contributed by atoms with E-state index in [1.807, 2.05) is 24.0 Å². The Kier molecular flexibility index (Phi) is 6.16. The molecule has 3 heteroatoms. The number of nitrogens with zero attached hydrogens (tertiary/aromatic N) is 2. The number of hydrogen-bond acceptors (Lipinski definition) is 2. The molecule has 0 amide bonds. The molecule has 1 unspecified atom stereocenters. The number of aryl methyl sites for hydroxylation is 2. The van der Waals surface area contributed by atoms with E-state index in [0.29, 0.717) is 0 Å². The molecule has 1 N–H and O–H groups in total. The molecule has 0 fully saturated rings. The fraction of sp³-hybridized carbons (Fsp3) is 0.769. The van der Waals surface area contributed by atoms with Gasteiger partial charge in [-0.05, 0) is 12.8 Å². The normalized spacial score (nSPS) is 12.9. The van der Waals surface area contributed by atoms with Gasteiger partial charge in [-0.25, -0.2) is 4.98 Å². The van der Waals surface area contributed by atoms with Crippen molar-refractivity contribution in [2.24, 2.45) is 7.05 Å². The Labute approximate surface area is 98.5 Å². The molecular weight excluding hydrogens is 200 g/mol. The Hall–Kier alpha value is -0.830. The Morgan fingerprint density at radius 2 is 2.12 bits per heavy atom. The summed E-state index contributed by atoms with van der Waals surface area (Å²) in [6.07, 6.45) is 11.2. The molecule has 92 valence electrons. The van der Waals surface area contributed by atoms with E-state index in [0.717, 1.165) is 31.5 Å². The van der Waals surface area contributed by atoms with Crippen molar-refractivity contribution < 1.29 is 5.11 Å². The van der Waals surface area contributed by atoms with Gasteiger partial charge >= 0.3 is 0 Å². The van der Waals surface area contributed by atoms with Crippen molar-refractivity contribution in [3.05, 3.63) is 18.2 Å². The van der Waals surface area contributed by atoms with E-state index in [9.17, 15) is 5.11 Å². The lowest BCUT2D eigenvalue weighted by atomic mass is 10.1. The number of aliphatic hydroxyl groups excluding tert-OH is 1. The first-order chi connectivity index (χ1) is 7.74. The molecule has 0 radical (unpaired) electrons. The quantitative estimate of drug-likeness (QED) is 0.689. The molecule has 0 saturated carbocycles. The summed E-state index contributed by atoms with van der Waals surface area (Å²) in [6, 6.07) is 0. The van der Waals surface area contributed by atoms with Crippen molar-refractivity contribution in [3.8, 4) is 0 Å². The van der Waals surface area contributed by atoms with Gasteiger partial charge in [0, 0.05) is 25.9 Å². The molecule has 1 aromatic rings. The van der Waals surface area contributed by atoms with E-state index in [-0.39, 0.29) is 6.10 Å². The Balaban J connectivity index is 2.10. The van der Waals surface area contributed by atoms with Crippen LogP contribution in [0.25, 0.3) is 0 Å². The molecule has 0 aromatic carbocycles. The molecule has 0 aliphatic heterocycles. The van der Waals surface area contributed by atoms with E-state index in [2.05, 4.69) is 11.9 Å². The van der Waals surface area contributed by atoms with Crippen LogP contribution in [-0.2, 0) is 13.5 Å². The minimum Gasteiger partial charge on any atom is -0.393 e. The van der Waals surface area contributed by atoms with Crippen molar-refractivity contribution in [2.75, 3.05) is 0 Å². The maximum atomic E-state index is 9.80. The van der Waals surface area contributed by atoms with E-state index >= 15 is 0 Å². The summed E-state index contributed by atoms with van der Waals surface area (Å²) in [5.74, 6) is 1.06. The van der Waals surface area contributed by atoms with Gasteiger partial charge in [-0.3, -0.25) is 0 Å². The standard InChI is InChI=1S/C13H24N2O/c1-3-4-5-6-7-12(16)8-9-13-14-10-11-15(13)2/h10-12,16H,3-9H2,1-2H3. The maximum absolute atomic E-state index is 9.80. The van der Waals surface area contributed by atoms with Crippen molar-refractivity contribution in [1.82, 2.24) is 9.55 Å². The highest BCUT2D eigenvalue weighted by Crippen LogP contribution is 2.10. The van der Waals surface area contributed by atoms with Crippen molar-refractivity contribution >= 4 is 0 Å². The van der Waals surface area contributed by atoms with Crippen LogP contribution >= 0.6 is 0 Å². The molecule has 1 atom stereocenters. The zero-order valence-electron chi connectivity index (χ0n) is 10.5. The van der Waals surface area contributed by atoms with E-state index in [4.69, 9.17) is 0 Å². The minimum atomic E-state index is -0.159. The molecule has 1 aromatic heterocycles. The van der Waals surface area contributed by atoms with Crippen LogP contribution in [0.1, 0.15) is 51.3 Å². The van der Waals surface area contributed by atoms with Gasteiger partial charge < -0.3 is 9.67 Å². The van der Waals surface area contributed by atoms with Gasteiger partial charge in [0.05, 0.1) is 6.10 Å². The van der Waals surface area contributed by atoms with Gasteiger partial charge in [-0.2, -0.15) is 0 Å². The Bertz CT molecular complexity index is 283. The van der Waals surface area contributed by atoms with Gasteiger partial charge in [0.2, 0.25) is 0 Å². The number of aromatic nitrogens is 2. The summed E-state index contributed by atoms with van der Waals surface area (Å²) in [4.78, 5) is 4.25. The SMILES string of the molecule is CCCCCCC(O)CCc1nccn1C. The second kappa shape index (κ2) is 7.44. The maximum Gasteiger partial charge on any atom is 0.108 e. The molecule has 1 heterocycles. The number of unbranched alkanes of at least 4 members (excludes halogenated alkanes) is 3. The highest BCUT2D eigenvalue weighted by atomic mass is 16.3.